The number of aromatic amines is 1. The van der Waals surface area contributed by atoms with Crippen LogP contribution in [0.1, 0.15) is 26.5 Å². The van der Waals surface area contributed by atoms with E-state index in [2.05, 4.69) is 25.2 Å². The van der Waals surface area contributed by atoms with Crippen LogP contribution < -0.4 is 11.1 Å². The number of esters is 1. The van der Waals surface area contributed by atoms with Gasteiger partial charge in [0.1, 0.15) is 0 Å². The van der Waals surface area contributed by atoms with Crippen molar-refractivity contribution in [2.45, 2.75) is 6.92 Å². The van der Waals surface area contributed by atoms with E-state index in [1.165, 1.54) is 7.11 Å². The number of anilines is 2. The van der Waals surface area contributed by atoms with Gasteiger partial charge in [-0.1, -0.05) is 0 Å². The van der Waals surface area contributed by atoms with E-state index in [1.807, 2.05) is 0 Å². The summed E-state index contributed by atoms with van der Waals surface area (Å²) >= 11 is 0. The minimum Gasteiger partial charge on any atom is -0.465 e. The van der Waals surface area contributed by atoms with Gasteiger partial charge in [0.2, 0.25) is 11.8 Å². The third-order valence-electron chi connectivity index (χ3n) is 2.61. The molecule has 1 amide bonds. The fraction of sp³-hybridized carbons (Fsp3) is 0.167. The molecule has 0 aliphatic carbocycles. The molecule has 0 unspecified atom stereocenters. The average Bonchev–Trinajstić information content (AvgIpc) is 2.86. The Bertz CT molecular complexity index is 665. The normalized spacial score (nSPS) is 10.1. The largest absolute Gasteiger partial charge is 0.465 e. The number of nitrogens with one attached hydrogen (secondary N) is 2. The average molecular weight is 275 g/mol. The molecule has 2 aromatic rings. The van der Waals surface area contributed by atoms with Gasteiger partial charge in [0, 0.05) is 5.69 Å². The van der Waals surface area contributed by atoms with Crippen molar-refractivity contribution in [1.29, 1.82) is 0 Å². The number of nitrogens with zero attached hydrogens (tertiary/aromatic N) is 2. The Labute approximate surface area is 114 Å². The maximum atomic E-state index is 11.9. The molecular weight excluding hydrogens is 262 g/mol. The molecule has 4 N–H and O–H groups in total. The summed E-state index contributed by atoms with van der Waals surface area (Å²) in [6, 6.07) is 4.79. The number of carbonyl (C=O) groups is 2. The van der Waals surface area contributed by atoms with Crippen molar-refractivity contribution in [1.82, 2.24) is 15.2 Å². The lowest BCUT2D eigenvalue weighted by molar-refractivity contribution is 0.0600. The molecule has 8 nitrogen and oxygen atoms in total. The van der Waals surface area contributed by atoms with Crippen molar-refractivity contribution in [2.75, 3.05) is 18.2 Å². The van der Waals surface area contributed by atoms with E-state index in [-0.39, 0.29) is 11.8 Å². The summed E-state index contributed by atoms with van der Waals surface area (Å²) in [5.74, 6) is -0.899. The van der Waals surface area contributed by atoms with Gasteiger partial charge in [-0.2, -0.15) is 4.98 Å². The second-order valence-electron chi connectivity index (χ2n) is 4.02. The van der Waals surface area contributed by atoms with Gasteiger partial charge in [0.05, 0.1) is 12.7 Å². The zero-order valence-electron chi connectivity index (χ0n) is 10.9. The zero-order valence-corrected chi connectivity index (χ0v) is 10.9. The van der Waals surface area contributed by atoms with Crippen molar-refractivity contribution in [2.24, 2.45) is 0 Å². The Morgan fingerprint density at radius 2 is 2.15 bits per heavy atom. The van der Waals surface area contributed by atoms with Gasteiger partial charge in [0.15, 0.2) is 0 Å². The molecule has 2 rings (SSSR count). The van der Waals surface area contributed by atoms with Crippen LogP contribution in [0.4, 0.5) is 11.6 Å². The Morgan fingerprint density at radius 3 is 2.70 bits per heavy atom. The number of ether oxygens (including phenoxy) is 1. The number of carbonyl (C=O) groups excluding carboxylic acids is 2. The van der Waals surface area contributed by atoms with Crippen molar-refractivity contribution >= 4 is 23.5 Å². The number of rotatable bonds is 3. The van der Waals surface area contributed by atoms with Gasteiger partial charge in [-0.15, -0.1) is 5.10 Å². The maximum absolute atomic E-state index is 11.9. The summed E-state index contributed by atoms with van der Waals surface area (Å²) in [5, 5.41) is 8.62. The molecule has 1 aromatic heterocycles. The molecule has 0 fully saturated rings. The van der Waals surface area contributed by atoms with Gasteiger partial charge in [0.25, 0.3) is 5.91 Å². The summed E-state index contributed by atoms with van der Waals surface area (Å²) in [4.78, 5) is 27.0. The van der Waals surface area contributed by atoms with Gasteiger partial charge < -0.3 is 15.8 Å². The van der Waals surface area contributed by atoms with Crippen LogP contribution in [0, 0.1) is 6.92 Å². The highest BCUT2D eigenvalue weighted by atomic mass is 16.5. The molecule has 0 saturated heterocycles. The predicted molar refractivity (Wildman–Crippen MR) is 71.3 cm³/mol. The van der Waals surface area contributed by atoms with Crippen LogP contribution in [-0.2, 0) is 4.74 Å². The summed E-state index contributed by atoms with van der Waals surface area (Å²) in [6.07, 6.45) is 0. The highest BCUT2D eigenvalue weighted by molar-refractivity contribution is 6.02. The third-order valence-corrected chi connectivity index (χ3v) is 2.61. The summed E-state index contributed by atoms with van der Waals surface area (Å²) in [6.45, 7) is 1.76. The molecular formula is C12H13N5O3. The van der Waals surface area contributed by atoms with Crippen LogP contribution in [0.3, 0.4) is 0 Å². The first-order chi connectivity index (χ1) is 9.51. The predicted octanol–water partition coefficient (Wildman–Crippen LogP) is 0.734. The summed E-state index contributed by atoms with van der Waals surface area (Å²) < 4.78 is 4.62. The number of aromatic nitrogens is 3. The van der Waals surface area contributed by atoms with Gasteiger partial charge in [-0.25, -0.2) is 4.79 Å². The van der Waals surface area contributed by atoms with Gasteiger partial charge in [-0.3, -0.25) is 9.89 Å². The summed E-state index contributed by atoms with van der Waals surface area (Å²) in [7, 11) is 1.31. The number of benzene rings is 1. The highest BCUT2D eigenvalue weighted by Gasteiger charge is 2.13. The van der Waals surface area contributed by atoms with Gasteiger partial charge in [-0.05, 0) is 30.7 Å². The fourth-order valence-electron chi connectivity index (χ4n) is 1.61. The van der Waals surface area contributed by atoms with E-state index >= 15 is 0 Å². The zero-order chi connectivity index (χ0) is 14.7. The third kappa shape index (κ3) is 2.74. The molecule has 0 aliphatic heterocycles. The number of nitrogen functional groups attached to an aromatic ring is 1. The maximum Gasteiger partial charge on any atom is 0.337 e. The number of H-pyrrole nitrogens is 1. The fourth-order valence-corrected chi connectivity index (χ4v) is 1.61. The van der Waals surface area contributed by atoms with Crippen LogP contribution in [0.25, 0.3) is 0 Å². The SMILES string of the molecule is COC(=O)c1ccc(NC(=O)c2nc(N)n[nH]2)c(C)c1. The van der Waals surface area contributed by atoms with Crippen molar-refractivity contribution in [3.8, 4) is 0 Å². The van der Waals surface area contributed by atoms with E-state index in [0.29, 0.717) is 16.8 Å². The van der Waals surface area contributed by atoms with Crippen LogP contribution in [-0.4, -0.2) is 34.2 Å². The monoisotopic (exact) mass is 275 g/mol. The molecule has 20 heavy (non-hydrogen) atoms. The first-order valence-electron chi connectivity index (χ1n) is 5.69. The second-order valence-corrected chi connectivity index (χ2v) is 4.02. The van der Waals surface area contributed by atoms with E-state index in [0.717, 1.165) is 0 Å². The number of methoxy groups -OCH3 is 1. The number of nitrogens with two attached hydrogens (primary N) is 1. The van der Waals surface area contributed by atoms with Crippen LogP contribution in [0.15, 0.2) is 18.2 Å². The standard InChI is InChI=1S/C12H13N5O3/c1-6-5-7(11(19)20-2)3-4-8(6)14-10(18)9-15-12(13)17-16-9/h3-5H,1-2H3,(H,14,18)(H3,13,15,16,17). The molecule has 0 spiro atoms. The van der Waals surface area contributed by atoms with Crippen molar-refractivity contribution < 1.29 is 14.3 Å². The Balaban J connectivity index is 2.18. The summed E-state index contributed by atoms with van der Waals surface area (Å²) in [5.41, 5.74) is 7.00. The van der Waals surface area contributed by atoms with Gasteiger partial charge >= 0.3 is 5.97 Å². The first-order valence-corrected chi connectivity index (χ1v) is 5.69. The smallest absolute Gasteiger partial charge is 0.337 e. The lowest BCUT2D eigenvalue weighted by Gasteiger charge is -2.08. The minimum atomic E-state index is -0.469. The first kappa shape index (κ1) is 13.5. The Hall–Kier alpha value is -2.90. The van der Waals surface area contributed by atoms with Crippen LogP contribution in [0.5, 0.6) is 0 Å². The van der Waals surface area contributed by atoms with Crippen LogP contribution >= 0.6 is 0 Å². The molecule has 1 aromatic carbocycles. The Kier molecular flexibility index (Phi) is 3.65. The number of hydrogen-bond donors (Lipinski definition) is 3. The number of amides is 1. The van der Waals surface area contributed by atoms with E-state index in [9.17, 15) is 9.59 Å². The molecule has 1 heterocycles. The second kappa shape index (κ2) is 5.39. The Morgan fingerprint density at radius 1 is 1.40 bits per heavy atom. The molecule has 0 saturated carbocycles. The molecule has 104 valence electrons. The quantitative estimate of drug-likeness (QED) is 0.710. The van der Waals surface area contributed by atoms with Crippen molar-refractivity contribution in [3.05, 3.63) is 35.2 Å². The molecule has 0 aliphatic rings. The lowest BCUT2D eigenvalue weighted by atomic mass is 10.1. The number of aryl methyl sites for hydroxylation is 1. The molecule has 8 heteroatoms. The minimum absolute atomic E-state index is 0.00656. The van der Waals surface area contributed by atoms with Crippen molar-refractivity contribution in [3.63, 3.8) is 0 Å². The van der Waals surface area contributed by atoms with E-state index in [1.54, 1.807) is 25.1 Å². The molecule has 0 radical (unpaired) electrons. The highest BCUT2D eigenvalue weighted by Crippen LogP contribution is 2.17. The van der Waals surface area contributed by atoms with E-state index in [4.69, 9.17) is 5.73 Å². The lowest BCUT2D eigenvalue weighted by Crippen LogP contribution is -2.15. The molecule has 0 atom stereocenters. The van der Waals surface area contributed by atoms with E-state index < -0.39 is 11.9 Å². The molecule has 0 bridgehead atoms. The van der Waals surface area contributed by atoms with Crippen LogP contribution in [0.2, 0.25) is 0 Å². The topological polar surface area (TPSA) is 123 Å². The number of hydrogen-bond acceptors (Lipinski definition) is 6.